The second-order valence-electron chi connectivity index (χ2n) is 11.4. The van der Waals surface area contributed by atoms with Crippen molar-refractivity contribution >= 4 is 24.4 Å². The molecule has 3 N–H and O–H groups in total. The summed E-state index contributed by atoms with van der Waals surface area (Å²) in [5.41, 5.74) is 0.408. The van der Waals surface area contributed by atoms with Crippen molar-refractivity contribution in [3.8, 4) is 0 Å². The molecular formula is C31H38ClF3N4O5. The molecule has 0 radical (unpaired) electrons. The van der Waals surface area contributed by atoms with Crippen molar-refractivity contribution in [1.29, 1.82) is 0 Å². The van der Waals surface area contributed by atoms with Crippen LogP contribution >= 0.6 is 12.4 Å². The van der Waals surface area contributed by atoms with E-state index in [-0.39, 0.29) is 54.7 Å². The number of rotatable bonds is 7. The highest BCUT2D eigenvalue weighted by atomic mass is 35.5. The van der Waals surface area contributed by atoms with E-state index in [2.05, 4.69) is 15.5 Å². The Morgan fingerprint density at radius 2 is 1.75 bits per heavy atom. The van der Waals surface area contributed by atoms with Crippen LogP contribution in [-0.2, 0) is 19.9 Å². The van der Waals surface area contributed by atoms with E-state index in [0.29, 0.717) is 31.5 Å². The fraction of sp³-hybridized carbons (Fsp3) is 0.484. The molecule has 0 bridgehead atoms. The topological polar surface area (TPSA) is 103 Å². The maximum absolute atomic E-state index is 14.3. The molecule has 1 unspecified atom stereocenters. The van der Waals surface area contributed by atoms with Crippen LogP contribution in [0, 0.1) is 17.5 Å². The molecule has 9 nitrogen and oxygen atoms in total. The van der Waals surface area contributed by atoms with Gasteiger partial charge in [-0.1, -0.05) is 18.2 Å². The van der Waals surface area contributed by atoms with Crippen molar-refractivity contribution in [2.45, 2.75) is 55.8 Å². The van der Waals surface area contributed by atoms with Crippen LogP contribution in [0.4, 0.5) is 18.0 Å². The minimum atomic E-state index is -1.10. The molecular weight excluding hydrogens is 601 g/mol. The Bertz CT molecular complexity index is 1370. The number of benzene rings is 2. The molecule has 1 aliphatic carbocycles. The molecule has 0 aromatic heterocycles. The van der Waals surface area contributed by atoms with Gasteiger partial charge in [0.2, 0.25) is 0 Å². The highest BCUT2D eigenvalue weighted by Crippen LogP contribution is 2.40. The number of methoxy groups -OCH3 is 2. The average molecular weight is 639 g/mol. The number of carbonyl (C=O) groups is 2. The predicted molar refractivity (Wildman–Crippen MR) is 158 cm³/mol. The lowest BCUT2D eigenvalue weighted by Crippen LogP contribution is -2.54. The first-order chi connectivity index (χ1) is 20.6. The molecule has 2 aromatic rings. The lowest BCUT2D eigenvalue weighted by atomic mass is 9.77. The molecule has 13 heteroatoms. The fourth-order valence-corrected chi connectivity index (χ4v) is 6.51. The van der Waals surface area contributed by atoms with Crippen molar-refractivity contribution in [3.05, 3.63) is 82.3 Å². The number of hydrogen-bond donors (Lipinski definition) is 3. The summed E-state index contributed by atoms with van der Waals surface area (Å²) >= 11 is 0. The smallest absolute Gasteiger partial charge is 0.338 e. The first-order valence-corrected chi connectivity index (χ1v) is 14.4. The number of carbonyl (C=O) groups excluding carboxylic acids is 2. The van der Waals surface area contributed by atoms with Crippen LogP contribution in [-0.4, -0.2) is 79.6 Å². The second-order valence-corrected chi connectivity index (χ2v) is 11.4. The van der Waals surface area contributed by atoms with Crippen molar-refractivity contribution in [3.63, 3.8) is 0 Å². The largest absolute Gasteiger partial charge is 0.466 e. The van der Waals surface area contributed by atoms with Gasteiger partial charge in [-0.25, -0.2) is 22.8 Å². The van der Waals surface area contributed by atoms with Gasteiger partial charge >= 0.3 is 12.0 Å². The van der Waals surface area contributed by atoms with Gasteiger partial charge in [0.15, 0.2) is 11.6 Å². The van der Waals surface area contributed by atoms with Gasteiger partial charge in [0, 0.05) is 32.3 Å². The van der Waals surface area contributed by atoms with Gasteiger partial charge in [-0.3, -0.25) is 9.80 Å². The molecule has 44 heavy (non-hydrogen) atoms. The molecule has 1 saturated heterocycles. The van der Waals surface area contributed by atoms with Crippen LogP contribution < -0.4 is 10.6 Å². The van der Waals surface area contributed by atoms with Gasteiger partial charge in [-0.05, 0) is 67.5 Å². The first-order valence-electron chi connectivity index (χ1n) is 14.4. The van der Waals surface area contributed by atoms with E-state index in [1.807, 2.05) is 0 Å². The molecule has 5 rings (SSSR count). The highest BCUT2D eigenvalue weighted by molar-refractivity contribution is 5.92. The molecule has 2 fully saturated rings. The molecule has 240 valence electrons. The van der Waals surface area contributed by atoms with Crippen LogP contribution in [0.15, 0.2) is 53.7 Å². The van der Waals surface area contributed by atoms with E-state index in [4.69, 9.17) is 9.47 Å². The fourth-order valence-electron chi connectivity index (χ4n) is 6.51. The number of hydrogen-bond acceptors (Lipinski definition) is 7. The summed E-state index contributed by atoms with van der Waals surface area (Å²) < 4.78 is 51.7. The number of esters is 1. The SMILES string of the molecule is COCC1=C(C(=O)OC)C(c2ccc(F)c(F)c2)N(C(=O)N[C@@H]2CCN(C3CCC(O)(c4ccc(F)cc4)CC3)C2)CN1.Cl. The van der Waals surface area contributed by atoms with Gasteiger partial charge in [0.05, 0.1) is 43.3 Å². The van der Waals surface area contributed by atoms with Crippen molar-refractivity contribution in [2.75, 3.05) is 40.6 Å². The van der Waals surface area contributed by atoms with Crippen LogP contribution in [0.2, 0.25) is 0 Å². The third-order valence-electron chi connectivity index (χ3n) is 8.81. The third kappa shape index (κ3) is 6.98. The van der Waals surface area contributed by atoms with Crippen LogP contribution in [0.1, 0.15) is 49.3 Å². The minimum absolute atomic E-state index is 0. The quantitative estimate of drug-likeness (QED) is 0.392. The summed E-state index contributed by atoms with van der Waals surface area (Å²) in [4.78, 5) is 30.3. The minimum Gasteiger partial charge on any atom is -0.466 e. The number of amides is 2. The van der Waals surface area contributed by atoms with Crippen LogP contribution in [0.25, 0.3) is 0 Å². The van der Waals surface area contributed by atoms with E-state index in [1.165, 1.54) is 37.3 Å². The number of aliphatic hydroxyl groups is 1. The maximum atomic E-state index is 14.3. The zero-order valence-corrected chi connectivity index (χ0v) is 25.5. The predicted octanol–water partition coefficient (Wildman–Crippen LogP) is 4.12. The normalized spacial score (nSPS) is 25.7. The number of nitrogens with one attached hydrogen (secondary N) is 2. The Morgan fingerprint density at radius 1 is 1.05 bits per heavy atom. The summed E-state index contributed by atoms with van der Waals surface area (Å²) in [6.07, 6.45) is 3.34. The standard InChI is InChI=1S/C31H37F3N4O5.ClH/c1-42-17-26-27(29(39)43-2)28(19-3-8-24(33)25(34)15-19)38(18-35-26)30(40)36-22-11-14-37(16-22)23-9-12-31(41,13-10-23)20-4-6-21(32)7-5-20;/h3-8,15,22-23,28,35,41H,9-14,16-18H2,1-2H3,(H,36,40);1H/t22-,23?,28?,31?;/m1./s1. The van der Waals surface area contributed by atoms with Crippen molar-refractivity contribution < 1.29 is 37.3 Å². The summed E-state index contributed by atoms with van der Waals surface area (Å²) in [5, 5.41) is 17.3. The molecule has 2 aliphatic heterocycles. The summed E-state index contributed by atoms with van der Waals surface area (Å²) in [6.45, 7) is 1.39. The van der Waals surface area contributed by atoms with E-state index in [0.717, 1.165) is 37.1 Å². The molecule has 0 spiro atoms. The summed E-state index contributed by atoms with van der Waals surface area (Å²) in [6, 6.07) is 7.83. The Labute approximate surface area is 260 Å². The average Bonchev–Trinajstić information content (AvgIpc) is 3.47. The van der Waals surface area contributed by atoms with Crippen molar-refractivity contribution in [2.24, 2.45) is 0 Å². The Balaban J connectivity index is 0.00000442. The number of halogens is 4. The summed E-state index contributed by atoms with van der Waals surface area (Å²) in [5.74, 6) is -3.20. The zero-order chi connectivity index (χ0) is 30.7. The first kappa shape index (κ1) is 33.6. The maximum Gasteiger partial charge on any atom is 0.338 e. The van der Waals surface area contributed by atoms with Gasteiger partial charge in [0.25, 0.3) is 0 Å². The molecule has 1 saturated carbocycles. The van der Waals surface area contributed by atoms with Crippen molar-refractivity contribution in [1.82, 2.24) is 20.4 Å². The molecule has 2 atom stereocenters. The van der Waals surface area contributed by atoms with E-state index in [9.17, 15) is 27.9 Å². The third-order valence-corrected chi connectivity index (χ3v) is 8.81. The van der Waals surface area contributed by atoms with E-state index < -0.39 is 35.3 Å². The highest BCUT2D eigenvalue weighted by Gasteiger charge is 2.41. The van der Waals surface area contributed by atoms with Gasteiger partial charge in [-0.2, -0.15) is 0 Å². The second kappa shape index (κ2) is 14.2. The molecule has 3 aliphatic rings. The number of likely N-dealkylation sites (tertiary alicyclic amines) is 1. The molecule has 2 aromatic carbocycles. The number of nitrogens with zero attached hydrogens (tertiary/aromatic N) is 2. The molecule has 2 amide bonds. The van der Waals surface area contributed by atoms with Gasteiger partial charge in [-0.15, -0.1) is 12.4 Å². The zero-order valence-electron chi connectivity index (χ0n) is 24.7. The lowest BCUT2D eigenvalue weighted by Gasteiger charge is -2.40. The Morgan fingerprint density at radius 3 is 2.39 bits per heavy atom. The van der Waals surface area contributed by atoms with Gasteiger partial charge in [0.1, 0.15) is 5.82 Å². The van der Waals surface area contributed by atoms with E-state index >= 15 is 0 Å². The summed E-state index contributed by atoms with van der Waals surface area (Å²) in [7, 11) is 2.66. The Kier molecular flexibility index (Phi) is 10.8. The number of ether oxygens (including phenoxy) is 2. The lowest BCUT2D eigenvalue weighted by molar-refractivity contribution is -0.137. The monoisotopic (exact) mass is 638 g/mol. The van der Waals surface area contributed by atoms with Crippen LogP contribution in [0.3, 0.4) is 0 Å². The Hall–Kier alpha value is -3.32. The molecule has 2 heterocycles. The van der Waals surface area contributed by atoms with Crippen LogP contribution in [0.5, 0.6) is 0 Å². The van der Waals surface area contributed by atoms with Gasteiger partial charge < -0.3 is 25.2 Å². The van der Waals surface area contributed by atoms with E-state index in [1.54, 1.807) is 12.1 Å². The number of urea groups is 1.